The molecule has 2 heterocycles. The Balaban J connectivity index is 0.00000133. The molecule has 0 spiro atoms. The van der Waals surface area contributed by atoms with Crippen LogP contribution in [-0.2, 0) is 6.54 Å². The quantitative estimate of drug-likeness (QED) is 0.552. The van der Waals surface area contributed by atoms with E-state index >= 15 is 0 Å². The number of hydrogen-bond donors (Lipinski definition) is 0. The number of halogens is 1. The molecule has 0 unspecified atom stereocenters. The van der Waals surface area contributed by atoms with Crippen LogP contribution in [-0.4, -0.2) is 6.29 Å². The van der Waals surface area contributed by atoms with Crippen molar-refractivity contribution in [2.45, 2.75) is 13.0 Å². The minimum atomic E-state index is 0. The lowest BCUT2D eigenvalue weighted by atomic mass is 10.1. The van der Waals surface area contributed by atoms with Crippen LogP contribution in [0.1, 0.15) is 28.0 Å². The lowest BCUT2D eigenvalue weighted by Crippen LogP contribution is -3.00. The molecule has 2 nitrogen and oxygen atoms in total. The van der Waals surface area contributed by atoms with E-state index < -0.39 is 0 Å². The van der Waals surface area contributed by atoms with Gasteiger partial charge in [-0.3, -0.25) is 4.79 Å². The van der Waals surface area contributed by atoms with Gasteiger partial charge in [0, 0.05) is 29.7 Å². The van der Waals surface area contributed by atoms with Crippen molar-refractivity contribution in [3.05, 3.63) is 65.5 Å². The summed E-state index contributed by atoms with van der Waals surface area (Å²) in [7, 11) is 0. The number of aryl methyl sites for hydroxylation is 1. The van der Waals surface area contributed by atoms with E-state index in [2.05, 4.69) is 35.0 Å². The third kappa shape index (κ3) is 2.82. The first-order valence-corrected chi connectivity index (χ1v) is 6.11. The maximum absolute atomic E-state index is 10.6. The summed E-state index contributed by atoms with van der Waals surface area (Å²) in [6, 6.07) is 14.0. The van der Waals surface area contributed by atoms with Crippen LogP contribution < -0.4 is 21.5 Å². The van der Waals surface area contributed by atoms with Gasteiger partial charge < -0.3 is 17.0 Å². The second kappa shape index (κ2) is 5.93. The third-order valence-electron chi connectivity index (χ3n) is 3.31. The van der Waals surface area contributed by atoms with Gasteiger partial charge in [-0.2, -0.15) is 4.57 Å². The Labute approximate surface area is 123 Å². The first kappa shape index (κ1) is 13.7. The molecule has 19 heavy (non-hydrogen) atoms. The van der Waals surface area contributed by atoms with Gasteiger partial charge in [0.05, 0.1) is 0 Å². The van der Waals surface area contributed by atoms with Crippen LogP contribution in [0, 0.1) is 0 Å². The summed E-state index contributed by atoms with van der Waals surface area (Å²) in [5, 5.41) is 0. The van der Waals surface area contributed by atoms with E-state index in [1.165, 1.54) is 11.3 Å². The van der Waals surface area contributed by atoms with Crippen LogP contribution >= 0.6 is 0 Å². The molecule has 0 radical (unpaired) electrons. The largest absolute Gasteiger partial charge is 1.00 e. The van der Waals surface area contributed by atoms with E-state index in [1.807, 2.05) is 24.3 Å². The normalized spacial score (nSPS) is 14.8. The van der Waals surface area contributed by atoms with Gasteiger partial charge in [-0.25, -0.2) is 0 Å². The van der Waals surface area contributed by atoms with Gasteiger partial charge in [-0.05, 0) is 17.7 Å². The highest BCUT2D eigenvalue weighted by molar-refractivity contribution is 5.81. The van der Waals surface area contributed by atoms with Crippen LogP contribution in [0.5, 0.6) is 0 Å². The monoisotopic (exact) mass is 315 g/mol. The molecular weight excluding hydrogens is 302 g/mol. The zero-order chi connectivity index (χ0) is 12.4. The van der Waals surface area contributed by atoms with Crippen molar-refractivity contribution in [1.82, 2.24) is 0 Å². The molecule has 3 heteroatoms. The highest BCUT2D eigenvalue weighted by atomic mass is 79.9. The van der Waals surface area contributed by atoms with Crippen molar-refractivity contribution >= 4 is 17.9 Å². The van der Waals surface area contributed by atoms with Gasteiger partial charge in [0.15, 0.2) is 12.7 Å². The fourth-order valence-electron chi connectivity index (χ4n) is 2.35. The zero-order valence-electron chi connectivity index (χ0n) is 10.4. The van der Waals surface area contributed by atoms with E-state index in [0.29, 0.717) is 0 Å². The second-order valence-corrected chi connectivity index (χ2v) is 4.48. The molecule has 0 aliphatic carbocycles. The molecule has 0 atom stereocenters. The number of fused-ring (bicyclic) bond motifs is 1. The fraction of sp³-hybridized carbons (Fsp3) is 0.125. The van der Waals surface area contributed by atoms with Gasteiger partial charge in [-0.15, -0.1) is 0 Å². The molecular formula is C16H14BrNO. The smallest absolute Gasteiger partial charge is 0.208 e. The van der Waals surface area contributed by atoms with E-state index in [9.17, 15) is 4.79 Å². The summed E-state index contributed by atoms with van der Waals surface area (Å²) in [5.41, 5.74) is 4.51. The highest BCUT2D eigenvalue weighted by Gasteiger charge is 2.22. The number of benzene rings is 1. The Bertz CT molecular complexity index is 617. The SMILES string of the molecule is O=Cc1ccc(C=C2CC[n+]3ccccc32)cc1.[Br-]. The standard InChI is InChI=1S/C16H14NO.BrH/c18-12-14-6-4-13(5-7-14)11-15-8-10-17-9-2-1-3-16(15)17;/h1-7,9,11-12H,8,10H2;1H/q+1;/p-1. The van der Waals surface area contributed by atoms with Crippen LogP contribution in [0.25, 0.3) is 11.6 Å². The summed E-state index contributed by atoms with van der Waals surface area (Å²) < 4.78 is 2.27. The predicted molar refractivity (Wildman–Crippen MR) is 71.0 cm³/mol. The molecule has 0 N–H and O–H groups in total. The molecule has 0 fully saturated rings. The third-order valence-corrected chi connectivity index (χ3v) is 3.31. The highest BCUT2D eigenvalue weighted by Crippen LogP contribution is 2.23. The van der Waals surface area contributed by atoms with Gasteiger partial charge in [-0.1, -0.05) is 24.3 Å². The van der Waals surface area contributed by atoms with Crippen molar-refractivity contribution in [2.75, 3.05) is 0 Å². The molecule has 1 aromatic carbocycles. The summed E-state index contributed by atoms with van der Waals surface area (Å²) >= 11 is 0. The average molecular weight is 316 g/mol. The van der Waals surface area contributed by atoms with Crippen molar-refractivity contribution in [1.29, 1.82) is 0 Å². The Morgan fingerprint density at radius 2 is 1.74 bits per heavy atom. The van der Waals surface area contributed by atoms with E-state index in [0.717, 1.165) is 30.4 Å². The Morgan fingerprint density at radius 3 is 2.47 bits per heavy atom. The van der Waals surface area contributed by atoms with Crippen LogP contribution in [0.3, 0.4) is 0 Å². The lowest BCUT2D eigenvalue weighted by Gasteiger charge is -1.96. The summed E-state index contributed by atoms with van der Waals surface area (Å²) in [6.07, 6.45) is 6.26. The molecule has 1 aliphatic heterocycles. The van der Waals surface area contributed by atoms with E-state index in [4.69, 9.17) is 0 Å². The average Bonchev–Trinajstić information content (AvgIpc) is 2.83. The topological polar surface area (TPSA) is 20.9 Å². The number of carbonyl (C=O) groups is 1. The summed E-state index contributed by atoms with van der Waals surface area (Å²) in [6.45, 7) is 1.05. The number of aromatic nitrogens is 1. The minimum Gasteiger partial charge on any atom is -1.00 e. The summed E-state index contributed by atoms with van der Waals surface area (Å²) in [4.78, 5) is 10.6. The molecule has 96 valence electrons. The molecule has 3 rings (SSSR count). The maximum atomic E-state index is 10.6. The summed E-state index contributed by atoms with van der Waals surface area (Å²) in [5.74, 6) is 0. The number of allylic oxidation sites excluding steroid dienone is 1. The Hall–Kier alpha value is -1.74. The van der Waals surface area contributed by atoms with Crippen LogP contribution in [0.4, 0.5) is 0 Å². The van der Waals surface area contributed by atoms with Gasteiger partial charge in [0.2, 0.25) is 5.69 Å². The number of rotatable bonds is 2. The van der Waals surface area contributed by atoms with Gasteiger partial charge in [0.1, 0.15) is 6.29 Å². The number of aldehydes is 1. The van der Waals surface area contributed by atoms with Crippen LogP contribution in [0.2, 0.25) is 0 Å². The first-order valence-electron chi connectivity index (χ1n) is 6.11. The molecule has 2 aromatic rings. The molecule has 0 saturated carbocycles. The number of nitrogens with zero attached hydrogens (tertiary/aromatic N) is 1. The molecule has 0 bridgehead atoms. The Kier molecular flexibility index (Phi) is 4.27. The maximum Gasteiger partial charge on any atom is 0.208 e. The molecule has 0 amide bonds. The Morgan fingerprint density at radius 1 is 1.00 bits per heavy atom. The molecule has 1 aromatic heterocycles. The van der Waals surface area contributed by atoms with Crippen molar-refractivity contribution in [3.8, 4) is 0 Å². The van der Waals surface area contributed by atoms with E-state index in [-0.39, 0.29) is 17.0 Å². The molecule has 0 saturated heterocycles. The molecule has 1 aliphatic rings. The van der Waals surface area contributed by atoms with Crippen molar-refractivity contribution < 1.29 is 26.3 Å². The number of hydrogen-bond acceptors (Lipinski definition) is 1. The van der Waals surface area contributed by atoms with Crippen molar-refractivity contribution in [3.63, 3.8) is 0 Å². The lowest BCUT2D eigenvalue weighted by molar-refractivity contribution is -0.689. The van der Waals surface area contributed by atoms with Crippen molar-refractivity contribution in [2.24, 2.45) is 0 Å². The van der Waals surface area contributed by atoms with Gasteiger partial charge in [0.25, 0.3) is 0 Å². The van der Waals surface area contributed by atoms with Gasteiger partial charge >= 0.3 is 0 Å². The van der Waals surface area contributed by atoms with E-state index in [1.54, 1.807) is 0 Å². The second-order valence-electron chi connectivity index (χ2n) is 4.48. The number of carbonyl (C=O) groups excluding carboxylic acids is 1. The zero-order valence-corrected chi connectivity index (χ0v) is 12.0. The number of pyridine rings is 1. The minimum absolute atomic E-state index is 0. The fourth-order valence-corrected chi connectivity index (χ4v) is 2.35. The first-order chi connectivity index (χ1) is 8.86. The predicted octanol–water partition coefficient (Wildman–Crippen LogP) is -0.265. The van der Waals surface area contributed by atoms with Crippen LogP contribution in [0.15, 0.2) is 48.7 Å².